The summed E-state index contributed by atoms with van der Waals surface area (Å²) >= 11 is 0. The van der Waals surface area contributed by atoms with Crippen molar-refractivity contribution in [1.29, 1.82) is 0 Å². The molecule has 1 aromatic rings. The van der Waals surface area contributed by atoms with E-state index in [1.807, 2.05) is 17.0 Å². The Morgan fingerprint density at radius 1 is 1.19 bits per heavy atom. The fraction of sp³-hybridized carbons (Fsp3) is 0.588. The lowest BCUT2D eigenvalue weighted by atomic mass is 10.1. The van der Waals surface area contributed by atoms with Crippen LogP contribution in [0.5, 0.6) is 0 Å². The molecule has 0 bridgehead atoms. The molecule has 2 fully saturated rings. The number of benzene rings is 1. The lowest BCUT2D eigenvalue weighted by molar-refractivity contribution is -0.0212. The number of nitrogens with zero attached hydrogens (tertiary/aromatic N) is 2. The van der Waals surface area contributed by atoms with Gasteiger partial charge in [-0.25, -0.2) is 0 Å². The van der Waals surface area contributed by atoms with Gasteiger partial charge in [0.2, 0.25) is 0 Å². The zero-order valence-electron chi connectivity index (χ0n) is 12.8. The molecule has 114 valence electrons. The highest BCUT2D eigenvalue weighted by atomic mass is 16.5. The summed E-state index contributed by atoms with van der Waals surface area (Å²) in [5, 5.41) is 0. The van der Waals surface area contributed by atoms with E-state index < -0.39 is 0 Å². The first-order valence-electron chi connectivity index (χ1n) is 7.94. The van der Waals surface area contributed by atoms with E-state index in [1.54, 1.807) is 0 Å². The van der Waals surface area contributed by atoms with Gasteiger partial charge in [-0.1, -0.05) is 12.1 Å². The van der Waals surface area contributed by atoms with Gasteiger partial charge in [-0.15, -0.1) is 0 Å². The van der Waals surface area contributed by atoms with E-state index in [2.05, 4.69) is 24.0 Å². The van der Waals surface area contributed by atoms with Crippen LogP contribution in [0, 0.1) is 0 Å². The Morgan fingerprint density at radius 3 is 2.57 bits per heavy atom. The molecule has 3 rings (SSSR count). The summed E-state index contributed by atoms with van der Waals surface area (Å²) in [6.07, 6.45) is 2.59. The molecule has 1 amide bonds. The standard InChI is InChI=1S/C17H24N2O2/c1-14-12-18(10-11-21-14)13-15-4-6-16(7-5-15)17(20)19-8-2-3-9-19/h4-7,14H,2-3,8-13H2,1H3. The van der Waals surface area contributed by atoms with Crippen LogP contribution in [0.15, 0.2) is 24.3 Å². The minimum atomic E-state index is 0.180. The fourth-order valence-electron chi connectivity index (χ4n) is 3.15. The van der Waals surface area contributed by atoms with Crippen LogP contribution >= 0.6 is 0 Å². The van der Waals surface area contributed by atoms with E-state index in [9.17, 15) is 4.79 Å². The first kappa shape index (κ1) is 14.5. The second-order valence-electron chi connectivity index (χ2n) is 6.11. The lowest BCUT2D eigenvalue weighted by Gasteiger charge is -2.31. The molecule has 0 radical (unpaired) electrons. The van der Waals surface area contributed by atoms with E-state index in [1.165, 1.54) is 5.56 Å². The molecule has 2 heterocycles. The van der Waals surface area contributed by atoms with Gasteiger partial charge in [-0.05, 0) is 37.5 Å². The first-order chi connectivity index (χ1) is 10.2. The quantitative estimate of drug-likeness (QED) is 0.854. The number of ether oxygens (including phenoxy) is 1. The topological polar surface area (TPSA) is 32.8 Å². The molecule has 0 N–H and O–H groups in total. The van der Waals surface area contributed by atoms with Gasteiger partial charge < -0.3 is 9.64 Å². The number of amides is 1. The van der Waals surface area contributed by atoms with Gasteiger partial charge in [0.05, 0.1) is 12.7 Å². The Balaban J connectivity index is 1.59. The third-order valence-electron chi connectivity index (χ3n) is 4.33. The summed E-state index contributed by atoms with van der Waals surface area (Å²) in [5.74, 6) is 0.180. The molecular formula is C17H24N2O2. The minimum Gasteiger partial charge on any atom is -0.376 e. The second-order valence-corrected chi connectivity index (χ2v) is 6.11. The van der Waals surface area contributed by atoms with Gasteiger partial charge in [-0.3, -0.25) is 9.69 Å². The predicted octanol–water partition coefficient (Wildman–Crippen LogP) is 2.14. The third kappa shape index (κ3) is 3.63. The average Bonchev–Trinajstić information content (AvgIpc) is 3.01. The fourth-order valence-corrected chi connectivity index (χ4v) is 3.15. The van der Waals surface area contributed by atoms with Gasteiger partial charge >= 0.3 is 0 Å². The molecule has 1 atom stereocenters. The maximum absolute atomic E-state index is 12.3. The normalized spacial score (nSPS) is 23.5. The molecule has 4 heteroatoms. The molecule has 0 aromatic heterocycles. The van der Waals surface area contributed by atoms with E-state index >= 15 is 0 Å². The van der Waals surface area contributed by atoms with Crippen molar-refractivity contribution in [3.05, 3.63) is 35.4 Å². The van der Waals surface area contributed by atoms with Crippen LogP contribution < -0.4 is 0 Å². The molecule has 4 nitrogen and oxygen atoms in total. The van der Waals surface area contributed by atoms with Gasteiger partial charge in [0.15, 0.2) is 0 Å². The van der Waals surface area contributed by atoms with Crippen molar-refractivity contribution in [2.24, 2.45) is 0 Å². The molecule has 2 aliphatic rings. The summed E-state index contributed by atoms with van der Waals surface area (Å²) in [5.41, 5.74) is 2.08. The van der Waals surface area contributed by atoms with Crippen molar-refractivity contribution in [3.63, 3.8) is 0 Å². The Bertz CT molecular complexity index is 480. The summed E-state index contributed by atoms with van der Waals surface area (Å²) in [6.45, 7) is 7.65. The number of hydrogen-bond acceptors (Lipinski definition) is 3. The molecule has 2 saturated heterocycles. The number of likely N-dealkylation sites (tertiary alicyclic amines) is 1. The molecular weight excluding hydrogens is 264 g/mol. The van der Waals surface area contributed by atoms with Crippen LogP contribution in [-0.2, 0) is 11.3 Å². The number of hydrogen-bond donors (Lipinski definition) is 0. The first-order valence-corrected chi connectivity index (χ1v) is 7.94. The molecule has 1 unspecified atom stereocenters. The number of morpholine rings is 1. The van der Waals surface area contributed by atoms with E-state index in [0.717, 1.165) is 57.7 Å². The summed E-state index contributed by atoms with van der Waals surface area (Å²) in [6, 6.07) is 8.12. The van der Waals surface area contributed by atoms with E-state index in [4.69, 9.17) is 4.74 Å². The van der Waals surface area contributed by atoms with Crippen LogP contribution in [0.3, 0.4) is 0 Å². The van der Waals surface area contributed by atoms with E-state index in [-0.39, 0.29) is 5.91 Å². The van der Waals surface area contributed by atoms with Crippen LogP contribution in [0.4, 0.5) is 0 Å². The highest BCUT2D eigenvalue weighted by Crippen LogP contribution is 2.15. The van der Waals surface area contributed by atoms with Gasteiger partial charge in [0.1, 0.15) is 0 Å². The molecule has 0 aliphatic carbocycles. The molecule has 1 aromatic carbocycles. The average molecular weight is 288 g/mol. The van der Waals surface area contributed by atoms with Crippen LogP contribution in [0.1, 0.15) is 35.7 Å². The maximum Gasteiger partial charge on any atom is 0.253 e. The maximum atomic E-state index is 12.3. The van der Waals surface area contributed by atoms with Crippen LogP contribution in [-0.4, -0.2) is 54.6 Å². The van der Waals surface area contributed by atoms with Gasteiger partial charge in [-0.2, -0.15) is 0 Å². The van der Waals surface area contributed by atoms with Crippen molar-refractivity contribution < 1.29 is 9.53 Å². The number of carbonyl (C=O) groups excluding carboxylic acids is 1. The highest BCUT2D eigenvalue weighted by Gasteiger charge is 2.20. The Kier molecular flexibility index (Phi) is 4.56. The molecule has 2 aliphatic heterocycles. The monoisotopic (exact) mass is 288 g/mol. The Labute approximate surface area is 126 Å². The second kappa shape index (κ2) is 6.58. The molecule has 0 spiro atoms. The SMILES string of the molecule is CC1CN(Cc2ccc(C(=O)N3CCCC3)cc2)CCO1. The van der Waals surface area contributed by atoms with Crippen molar-refractivity contribution in [3.8, 4) is 0 Å². The van der Waals surface area contributed by atoms with Gasteiger partial charge in [0, 0.05) is 38.3 Å². The summed E-state index contributed by atoms with van der Waals surface area (Å²) < 4.78 is 5.56. The molecule has 0 saturated carbocycles. The lowest BCUT2D eigenvalue weighted by Crippen LogP contribution is -2.40. The van der Waals surface area contributed by atoms with Crippen LogP contribution in [0.25, 0.3) is 0 Å². The third-order valence-corrected chi connectivity index (χ3v) is 4.33. The highest BCUT2D eigenvalue weighted by molar-refractivity contribution is 5.94. The summed E-state index contributed by atoms with van der Waals surface area (Å²) in [7, 11) is 0. The van der Waals surface area contributed by atoms with Crippen molar-refractivity contribution >= 4 is 5.91 Å². The van der Waals surface area contributed by atoms with Gasteiger partial charge in [0.25, 0.3) is 5.91 Å². The minimum absolute atomic E-state index is 0.180. The smallest absolute Gasteiger partial charge is 0.253 e. The number of carbonyl (C=O) groups is 1. The van der Waals surface area contributed by atoms with Crippen molar-refractivity contribution in [2.75, 3.05) is 32.8 Å². The molecule has 21 heavy (non-hydrogen) atoms. The van der Waals surface area contributed by atoms with E-state index in [0.29, 0.717) is 6.10 Å². The largest absolute Gasteiger partial charge is 0.376 e. The van der Waals surface area contributed by atoms with Crippen molar-refractivity contribution in [1.82, 2.24) is 9.80 Å². The Hall–Kier alpha value is -1.39. The zero-order chi connectivity index (χ0) is 14.7. The number of rotatable bonds is 3. The Morgan fingerprint density at radius 2 is 1.90 bits per heavy atom. The van der Waals surface area contributed by atoms with Crippen LogP contribution in [0.2, 0.25) is 0 Å². The predicted molar refractivity (Wildman–Crippen MR) is 82.3 cm³/mol. The van der Waals surface area contributed by atoms with Crippen molar-refractivity contribution in [2.45, 2.75) is 32.4 Å². The zero-order valence-corrected chi connectivity index (χ0v) is 12.8. The summed E-state index contributed by atoms with van der Waals surface area (Å²) in [4.78, 5) is 16.7.